The first-order valence-corrected chi connectivity index (χ1v) is 5.20. The van der Waals surface area contributed by atoms with Crippen molar-refractivity contribution in [1.29, 1.82) is 0 Å². The molecular formula is C11H16N2O2. The molecule has 0 aliphatic heterocycles. The Kier molecular flexibility index (Phi) is 3.18. The lowest BCUT2D eigenvalue weighted by Gasteiger charge is -2.12. The molecule has 0 radical (unpaired) electrons. The minimum atomic E-state index is -0.506. The number of rotatable bonds is 5. The van der Waals surface area contributed by atoms with E-state index in [-0.39, 0.29) is 0 Å². The van der Waals surface area contributed by atoms with Crippen LogP contribution in [0, 0.1) is 0 Å². The molecule has 1 atom stereocenters. The number of hydrogen-bond donors (Lipinski definition) is 2. The van der Waals surface area contributed by atoms with Gasteiger partial charge in [-0.3, -0.25) is 4.98 Å². The number of methoxy groups -OCH3 is 1. The first-order chi connectivity index (χ1) is 7.29. The highest BCUT2D eigenvalue weighted by atomic mass is 16.5. The molecule has 1 aromatic heterocycles. The number of aliphatic hydroxyl groups is 1. The first kappa shape index (κ1) is 10.4. The SMILES string of the molecule is COc1cncc(C(O)CNC2CC2)c1. The molecule has 1 heterocycles. The van der Waals surface area contributed by atoms with Crippen molar-refractivity contribution in [3.05, 3.63) is 24.0 Å². The number of hydrogen-bond acceptors (Lipinski definition) is 4. The Labute approximate surface area is 89.3 Å². The van der Waals surface area contributed by atoms with E-state index in [1.54, 1.807) is 19.5 Å². The molecular weight excluding hydrogens is 192 g/mol. The predicted octanol–water partition coefficient (Wildman–Crippen LogP) is 0.876. The van der Waals surface area contributed by atoms with Crippen molar-refractivity contribution >= 4 is 0 Å². The summed E-state index contributed by atoms with van der Waals surface area (Å²) in [6, 6.07) is 2.42. The maximum Gasteiger partial charge on any atom is 0.137 e. The van der Waals surface area contributed by atoms with Crippen LogP contribution in [-0.4, -0.2) is 29.8 Å². The van der Waals surface area contributed by atoms with Gasteiger partial charge in [0, 0.05) is 24.3 Å². The van der Waals surface area contributed by atoms with Gasteiger partial charge in [0.2, 0.25) is 0 Å². The molecule has 4 heteroatoms. The smallest absolute Gasteiger partial charge is 0.137 e. The average molecular weight is 208 g/mol. The summed E-state index contributed by atoms with van der Waals surface area (Å²) in [5, 5.41) is 13.1. The number of nitrogens with one attached hydrogen (secondary N) is 1. The summed E-state index contributed by atoms with van der Waals surface area (Å²) in [6.07, 6.45) is 5.24. The molecule has 1 saturated carbocycles. The van der Waals surface area contributed by atoms with Gasteiger partial charge >= 0.3 is 0 Å². The Hall–Kier alpha value is -1.13. The van der Waals surface area contributed by atoms with Gasteiger partial charge in [0.1, 0.15) is 5.75 Å². The highest BCUT2D eigenvalue weighted by Gasteiger charge is 2.21. The summed E-state index contributed by atoms with van der Waals surface area (Å²) in [6.45, 7) is 0.583. The molecule has 2 rings (SSSR count). The Balaban J connectivity index is 1.93. The molecule has 15 heavy (non-hydrogen) atoms. The van der Waals surface area contributed by atoms with Gasteiger partial charge in [-0.1, -0.05) is 0 Å². The summed E-state index contributed by atoms with van der Waals surface area (Å²) >= 11 is 0. The fourth-order valence-corrected chi connectivity index (χ4v) is 1.41. The Bertz CT molecular complexity index is 326. The molecule has 0 amide bonds. The van der Waals surface area contributed by atoms with Crippen molar-refractivity contribution in [1.82, 2.24) is 10.3 Å². The van der Waals surface area contributed by atoms with Crippen molar-refractivity contribution in [2.45, 2.75) is 25.0 Å². The topological polar surface area (TPSA) is 54.4 Å². The van der Waals surface area contributed by atoms with E-state index in [0.29, 0.717) is 18.3 Å². The maximum atomic E-state index is 9.86. The zero-order valence-electron chi connectivity index (χ0n) is 8.81. The lowest BCUT2D eigenvalue weighted by molar-refractivity contribution is 0.173. The molecule has 0 aromatic carbocycles. The molecule has 2 N–H and O–H groups in total. The molecule has 1 fully saturated rings. The summed E-state index contributed by atoms with van der Waals surface area (Å²) in [5.41, 5.74) is 0.794. The van der Waals surface area contributed by atoms with Crippen LogP contribution in [0.15, 0.2) is 18.5 Å². The average Bonchev–Trinajstić information content (AvgIpc) is 3.10. The van der Waals surface area contributed by atoms with Crippen LogP contribution < -0.4 is 10.1 Å². The van der Waals surface area contributed by atoms with Crippen LogP contribution in [0.2, 0.25) is 0 Å². The van der Waals surface area contributed by atoms with E-state index in [0.717, 1.165) is 5.56 Å². The quantitative estimate of drug-likeness (QED) is 0.754. The van der Waals surface area contributed by atoms with Gasteiger partial charge in [0.05, 0.1) is 19.4 Å². The Morgan fingerprint density at radius 2 is 2.40 bits per heavy atom. The van der Waals surface area contributed by atoms with E-state index in [1.807, 2.05) is 6.07 Å². The van der Waals surface area contributed by atoms with E-state index in [2.05, 4.69) is 10.3 Å². The number of aromatic nitrogens is 1. The van der Waals surface area contributed by atoms with Gasteiger partial charge in [-0.05, 0) is 18.9 Å². The third-order valence-corrected chi connectivity index (χ3v) is 2.53. The second-order valence-electron chi connectivity index (χ2n) is 3.86. The van der Waals surface area contributed by atoms with Crippen LogP contribution >= 0.6 is 0 Å². The fourth-order valence-electron chi connectivity index (χ4n) is 1.41. The lowest BCUT2D eigenvalue weighted by atomic mass is 10.1. The zero-order valence-corrected chi connectivity index (χ0v) is 8.81. The summed E-state index contributed by atoms with van der Waals surface area (Å²) in [7, 11) is 1.59. The van der Waals surface area contributed by atoms with Gasteiger partial charge in [-0.25, -0.2) is 0 Å². The largest absolute Gasteiger partial charge is 0.495 e. The van der Waals surface area contributed by atoms with Crippen LogP contribution in [-0.2, 0) is 0 Å². The normalized spacial score (nSPS) is 17.5. The monoisotopic (exact) mass is 208 g/mol. The third kappa shape index (κ3) is 2.91. The Morgan fingerprint density at radius 3 is 3.07 bits per heavy atom. The second kappa shape index (κ2) is 4.59. The standard InChI is InChI=1S/C11H16N2O2/c1-15-10-4-8(5-12-6-10)11(14)7-13-9-2-3-9/h4-6,9,11,13-14H,2-3,7H2,1H3. The van der Waals surface area contributed by atoms with Crippen LogP contribution in [0.3, 0.4) is 0 Å². The fraction of sp³-hybridized carbons (Fsp3) is 0.545. The summed E-state index contributed by atoms with van der Waals surface area (Å²) in [5.74, 6) is 0.679. The van der Waals surface area contributed by atoms with Crippen LogP contribution in [0.25, 0.3) is 0 Å². The number of aliphatic hydroxyl groups excluding tert-OH is 1. The van der Waals surface area contributed by atoms with Crippen molar-refractivity contribution in [3.8, 4) is 5.75 Å². The van der Waals surface area contributed by atoms with Crippen LogP contribution in [0.1, 0.15) is 24.5 Å². The zero-order chi connectivity index (χ0) is 10.7. The summed E-state index contributed by atoms with van der Waals surface area (Å²) in [4.78, 5) is 4.01. The Morgan fingerprint density at radius 1 is 1.60 bits per heavy atom. The number of pyridine rings is 1. The summed E-state index contributed by atoms with van der Waals surface area (Å²) < 4.78 is 5.05. The van der Waals surface area contributed by atoms with E-state index in [1.165, 1.54) is 12.8 Å². The molecule has 0 spiro atoms. The van der Waals surface area contributed by atoms with Gasteiger partial charge in [-0.15, -0.1) is 0 Å². The lowest BCUT2D eigenvalue weighted by Crippen LogP contribution is -2.23. The molecule has 82 valence electrons. The van der Waals surface area contributed by atoms with Gasteiger partial charge in [-0.2, -0.15) is 0 Å². The van der Waals surface area contributed by atoms with Gasteiger partial charge in [0.15, 0.2) is 0 Å². The van der Waals surface area contributed by atoms with E-state index in [9.17, 15) is 5.11 Å². The van der Waals surface area contributed by atoms with Crippen LogP contribution in [0.5, 0.6) is 5.75 Å². The molecule has 1 unspecified atom stereocenters. The van der Waals surface area contributed by atoms with Crippen molar-refractivity contribution in [2.75, 3.05) is 13.7 Å². The highest BCUT2D eigenvalue weighted by molar-refractivity contribution is 5.25. The van der Waals surface area contributed by atoms with Crippen LogP contribution in [0.4, 0.5) is 0 Å². The van der Waals surface area contributed by atoms with Crippen molar-refractivity contribution in [3.63, 3.8) is 0 Å². The van der Waals surface area contributed by atoms with Crippen molar-refractivity contribution in [2.24, 2.45) is 0 Å². The number of nitrogens with zero attached hydrogens (tertiary/aromatic N) is 1. The molecule has 0 bridgehead atoms. The van der Waals surface area contributed by atoms with Gasteiger partial charge in [0.25, 0.3) is 0 Å². The second-order valence-corrected chi connectivity index (χ2v) is 3.86. The molecule has 1 aliphatic rings. The molecule has 4 nitrogen and oxygen atoms in total. The minimum Gasteiger partial charge on any atom is -0.495 e. The minimum absolute atomic E-state index is 0.506. The molecule has 0 saturated heterocycles. The predicted molar refractivity (Wildman–Crippen MR) is 56.8 cm³/mol. The first-order valence-electron chi connectivity index (χ1n) is 5.20. The van der Waals surface area contributed by atoms with E-state index < -0.39 is 6.10 Å². The van der Waals surface area contributed by atoms with Crippen molar-refractivity contribution < 1.29 is 9.84 Å². The van der Waals surface area contributed by atoms with E-state index in [4.69, 9.17) is 4.74 Å². The molecule has 1 aliphatic carbocycles. The number of ether oxygens (including phenoxy) is 1. The third-order valence-electron chi connectivity index (χ3n) is 2.53. The molecule has 1 aromatic rings. The van der Waals surface area contributed by atoms with E-state index >= 15 is 0 Å². The van der Waals surface area contributed by atoms with Gasteiger partial charge < -0.3 is 15.2 Å². The highest BCUT2D eigenvalue weighted by Crippen LogP contribution is 2.21. The maximum absolute atomic E-state index is 9.86.